The van der Waals surface area contributed by atoms with Crippen LogP contribution in [0.4, 0.5) is 0 Å². The third-order valence-electron chi connectivity index (χ3n) is 6.40. The molecule has 0 bridgehead atoms. The molecule has 0 radical (unpaired) electrons. The number of hydrogen-bond acceptors (Lipinski definition) is 6. The number of likely N-dealkylation sites (tertiary alicyclic amines) is 1. The third kappa shape index (κ3) is 5.38. The molecule has 7 nitrogen and oxygen atoms in total. The van der Waals surface area contributed by atoms with Crippen molar-refractivity contribution in [3.05, 3.63) is 78.0 Å². The first-order valence-electron chi connectivity index (χ1n) is 11.4. The number of benzene rings is 2. The lowest BCUT2D eigenvalue weighted by Crippen LogP contribution is -2.57. The van der Waals surface area contributed by atoms with Crippen LogP contribution in [0.15, 0.2) is 66.7 Å². The van der Waals surface area contributed by atoms with Crippen LogP contribution in [0, 0.1) is 0 Å². The van der Waals surface area contributed by atoms with Crippen molar-refractivity contribution in [1.82, 2.24) is 15.2 Å². The number of rotatable bonds is 8. The summed E-state index contributed by atoms with van der Waals surface area (Å²) in [5, 5.41) is 13.3. The van der Waals surface area contributed by atoms with Crippen molar-refractivity contribution in [1.29, 1.82) is 0 Å². The molecule has 1 aliphatic heterocycles. The Balaban J connectivity index is 1.44. The number of aliphatic hydroxyl groups is 1. The smallest absolute Gasteiger partial charge is 0.270 e. The van der Waals surface area contributed by atoms with Crippen LogP contribution in [-0.4, -0.2) is 60.4 Å². The van der Waals surface area contributed by atoms with Gasteiger partial charge in [-0.2, -0.15) is 0 Å². The number of nitrogens with zero attached hydrogens (tertiary/aromatic N) is 2. The number of nitrogens with one attached hydrogen (secondary N) is 1. The van der Waals surface area contributed by atoms with Crippen LogP contribution >= 0.6 is 0 Å². The second kappa shape index (κ2) is 10.7. The lowest BCUT2D eigenvalue weighted by atomic mass is 9.87. The van der Waals surface area contributed by atoms with Crippen LogP contribution in [0.25, 0.3) is 11.3 Å². The van der Waals surface area contributed by atoms with E-state index in [1.165, 1.54) is 5.56 Å². The Labute approximate surface area is 200 Å². The Morgan fingerprint density at radius 2 is 1.74 bits per heavy atom. The highest BCUT2D eigenvalue weighted by atomic mass is 16.5. The molecule has 2 N–H and O–H groups in total. The van der Waals surface area contributed by atoms with Crippen LogP contribution in [0.3, 0.4) is 0 Å². The highest BCUT2D eigenvalue weighted by molar-refractivity contribution is 5.93. The Morgan fingerprint density at radius 3 is 2.41 bits per heavy atom. The number of carbonyl (C=O) groups excluding carboxylic acids is 1. The zero-order chi connectivity index (χ0) is 24.0. The summed E-state index contributed by atoms with van der Waals surface area (Å²) in [5.41, 5.74) is 2.40. The molecule has 3 aromatic rings. The van der Waals surface area contributed by atoms with E-state index in [-0.39, 0.29) is 12.5 Å². The van der Waals surface area contributed by atoms with Crippen molar-refractivity contribution in [2.24, 2.45) is 0 Å². The van der Waals surface area contributed by atoms with Gasteiger partial charge in [-0.15, -0.1) is 0 Å². The summed E-state index contributed by atoms with van der Waals surface area (Å²) in [7, 11) is 3.17. The highest BCUT2D eigenvalue weighted by Crippen LogP contribution is 2.31. The summed E-state index contributed by atoms with van der Waals surface area (Å²) in [6.45, 7) is 2.36. The quantitative estimate of drug-likeness (QED) is 0.534. The van der Waals surface area contributed by atoms with Crippen LogP contribution < -0.4 is 14.8 Å². The Morgan fingerprint density at radius 1 is 1.00 bits per heavy atom. The summed E-state index contributed by atoms with van der Waals surface area (Å²) in [5.74, 6) is 0.940. The molecule has 0 atom stereocenters. The van der Waals surface area contributed by atoms with Gasteiger partial charge in [0.15, 0.2) is 11.5 Å². The van der Waals surface area contributed by atoms with Gasteiger partial charge in [-0.3, -0.25) is 9.69 Å². The first-order valence-corrected chi connectivity index (χ1v) is 11.4. The molecule has 0 aliphatic carbocycles. The van der Waals surface area contributed by atoms with Gasteiger partial charge in [-0.25, -0.2) is 4.98 Å². The summed E-state index contributed by atoms with van der Waals surface area (Å²) in [6, 6.07) is 21.2. The number of pyridine rings is 1. The number of aromatic nitrogens is 1. The Hall–Kier alpha value is -3.42. The number of amides is 1. The van der Waals surface area contributed by atoms with Crippen LogP contribution in [0.1, 0.15) is 28.9 Å². The number of methoxy groups -OCH3 is 2. The molecule has 2 heterocycles. The van der Waals surface area contributed by atoms with E-state index in [0.717, 1.165) is 25.2 Å². The van der Waals surface area contributed by atoms with Crippen LogP contribution in [-0.2, 0) is 6.54 Å². The third-order valence-corrected chi connectivity index (χ3v) is 6.40. The molecule has 2 aromatic carbocycles. The number of aliphatic hydroxyl groups excluding tert-OH is 1. The molecule has 1 amide bonds. The average molecular weight is 462 g/mol. The predicted octanol–water partition coefficient (Wildman–Crippen LogP) is 3.52. The number of piperidine rings is 1. The lowest BCUT2D eigenvalue weighted by Gasteiger charge is -2.41. The monoisotopic (exact) mass is 461 g/mol. The molecule has 1 saturated heterocycles. The van der Waals surface area contributed by atoms with E-state index < -0.39 is 5.54 Å². The predicted molar refractivity (Wildman–Crippen MR) is 131 cm³/mol. The molecule has 7 heteroatoms. The fourth-order valence-electron chi connectivity index (χ4n) is 4.33. The Bertz CT molecular complexity index is 1110. The molecule has 178 valence electrons. The van der Waals surface area contributed by atoms with Crippen molar-refractivity contribution in [2.75, 3.05) is 33.9 Å². The van der Waals surface area contributed by atoms with Gasteiger partial charge in [0.2, 0.25) is 0 Å². The summed E-state index contributed by atoms with van der Waals surface area (Å²) in [4.78, 5) is 20.0. The fraction of sp³-hybridized carbons (Fsp3) is 0.333. The van der Waals surface area contributed by atoms with Crippen molar-refractivity contribution in [3.63, 3.8) is 0 Å². The van der Waals surface area contributed by atoms with Gasteiger partial charge in [-0.05, 0) is 48.7 Å². The first-order chi connectivity index (χ1) is 16.6. The summed E-state index contributed by atoms with van der Waals surface area (Å²) < 4.78 is 10.7. The minimum Gasteiger partial charge on any atom is -0.493 e. The topological polar surface area (TPSA) is 83.9 Å². The van der Waals surface area contributed by atoms with E-state index in [4.69, 9.17) is 9.47 Å². The average Bonchev–Trinajstić information content (AvgIpc) is 2.90. The second-order valence-electron chi connectivity index (χ2n) is 8.63. The van der Waals surface area contributed by atoms with Crippen molar-refractivity contribution in [3.8, 4) is 22.8 Å². The largest absolute Gasteiger partial charge is 0.493 e. The molecule has 34 heavy (non-hydrogen) atoms. The standard InChI is InChI=1S/C27H31N3O4/c1-33-24-12-11-21(17-25(24)34-2)22-9-6-10-23(28-22)26(32)29-27(19-31)13-15-30(16-14-27)18-20-7-4-3-5-8-20/h3-12,17,31H,13-16,18-19H2,1-2H3,(H,29,32). The molecule has 1 fully saturated rings. The normalized spacial score (nSPS) is 15.5. The zero-order valence-corrected chi connectivity index (χ0v) is 19.7. The molecule has 0 unspecified atom stereocenters. The zero-order valence-electron chi connectivity index (χ0n) is 19.7. The van der Waals surface area contributed by atoms with Crippen molar-refractivity contribution in [2.45, 2.75) is 24.9 Å². The molecular formula is C27H31N3O4. The Kier molecular flexibility index (Phi) is 7.45. The van der Waals surface area contributed by atoms with Crippen molar-refractivity contribution >= 4 is 5.91 Å². The van der Waals surface area contributed by atoms with Gasteiger partial charge < -0.3 is 19.9 Å². The number of ether oxygens (including phenoxy) is 2. The van der Waals surface area contributed by atoms with E-state index in [9.17, 15) is 9.90 Å². The second-order valence-corrected chi connectivity index (χ2v) is 8.63. The minimum absolute atomic E-state index is 0.104. The number of hydrogen-bond donors (Lipinski definition) is 2. The molecular weight excluding hydrogens is 430 g/mol. The molecule has 0 spiro atoms. The van der Waals surface area contributed by atoms with E-state index in [1.54, 1.807) is 20.3 Å². The van der Waals surface area contributed by atoms with Gasteiger partial charge in [0.1, 0.15) is 5.69 Å². The van der Waals surface area contributed by atoms with Crippen LogP contribution in [0.5, 0.6) is 11.5 Å². The van der Waals surface area contributed by atoms with Gasteiger partial charge in [0, 0.05) is 25.2 Å². The van der Waals surface area contributed by atoms with Gasteiger partial charge in [-0.1, -0.05) is 36.4 Å². The maximum atomic E-state index is 13.1. The van der Waals surface area contributed by atoms with Crippen LogP contribution in [0.2, 0.25) is 0 Å². The maximum Gasteiger partial charge on any atom is 0.270 e. The molecule has 1 aromatic heterocycles. The lowest BCUT2D eigenvalue weighted by molar-refractivity contribution is 0.0598. The van der Waals surface area contributed by atoms with Gasteiger partial charge in [0.05, 0.1) is 32.1 Å². The number of carbonyl (C=O) groups is 1. The fourth-order valence-corrected chi connectivity index (χ4v) is 4.33. The first kappa shape index (κ1) is 23.7. The molecule has 4 rings (SSSR count). The van der Waals surface area contributed by atoms with Crippen molar-refractivity contribution < 1.29 is 19.4 Å². The van der Waals surface area contributed by atoms with Gasteiger partial charge in [0.25, 0.3) is 5.91 Å². The van der Waals surface area contributed by atoms with E-state index in [0.29, 0.717) is 35.7 Å². The van der Waals surface area contributed by atoms with E-state index >= 15 is 0 Å². The van der Waals surface area contributed by atoms with E-state index in [1.807, 2.05) is 48.5 Å². The van der Waals surface area contributed by atoms with Gasteiger partial charge >= 0.3 is 0 Å². The molecule has 0 saturated carbocycles. The summed E-state index contributed by atoms with van der Waals surface area (Å²) in [6.07, 6.45) is 1.36. The summed E-state index contributed by atoms with van der Waals surface area (Å²) >= 11 is 0. The minimum atomic E-state index is -0.648. The molecule has 1 aliphatic rings. The van der Waals surface area contributed by atoms with E-state index in [2.05, 4.69) is 27.3 Å². The SMILES string of the molecule is COc1ccc(-c2cccc(C(=O)NC3(CO)CCN(Cc4ccccc4)CC3)n2)cc1OC. The maximum absolute atomic E-state index is 13.1. The highest BCUT2D eigenvalue weighted by Gasteiger charge is 2.36.